The zero-order chi connectivity index (χ0) is 17.1. The average Bonchev–Trinajstić information content (AvgIpc) is 2.42. The summed E-state index contributed by atoms with van der Waals surface area (Å²) in [6, 6.07) is 0. The molecule has 0 saturated carbocycles. The zero-order valence-corrected chi connectivity index (χ0v) is 15.0. The summed E-state index contributed by atoms with van der Waals surface area (Å²) in [5, 5.41) is 0. The molecule has 0 aliphatic carbocycles. The van der Waals surface area contributed by atoms with Crippen molar-refractivity contribution in [1.29, 1.82) is 0 Å². The third-order valence-corrected chi connectivity index (χ3v) is 3.35. The molecule has 0 atom stereocenters. The number of ether oxygens (including phenoxy) is 2. The third kappa shape index (κ3) is 8.20. The molecule has 0 aromatic heterocycles. The highest BCUT2D eigenvalue weighted by atomic mass is 16.5. The predicted octanol–water partition coefficient (Wildman–Crippen LogP) is 4.28. The first-order valence-corrected chi connectivity index (χ1v) is 8.39. The Kier molecular flexibility index (Phi) is 10.6. The minimum absolute atomic E-state index is 0.310. The smallest absolute Gasteiger partial charge is 0.334 e. The molecule has 0 saturated heterocycles. The van der Waals surface area contributed by atoms with Crippen molar-refractivity contribution >= 4 is 11.9 Å². The van der Waals surface area contributed by atoms with E-state index in [1.54, 1.807) is 13.8 Å². The molecule has 0 spiro atoms. The van der Waals surface area contributed by atoms with Gasteiger partial charge in [0.2, 0.25) is 0 Å². The summed E-state index contributed by atoms with van der Waals surface area (Å²) in [6.45, 7) is 12.6. The van der Waals surface area contributed by atoms with Gasteiger partial charge in [0.05, 0.1) is 13.2 Å². The Morgan fingerprint density at radius 2 is 1.05 bits per heavy atom. The lowest BCUT2D eigenvalue weighted by molar-refractivity contribution is -0.142. The molecule has 0 aliphatic heterocycles. The third-order valence-electron chi connectivity index (χ3n) is 3.35. The number of hydrogen-bond acceptors (Lipinski definition) is 4. The van der Waals surface area contributed by atoms with Crippen LogP contribution in [0.3, 0.4) is 0 Å². The van der Waals surface area contributed by atoms with Gasteiger partial charge in [0.1, 0.15) is 0 Å². The van der Waals surface area contributed by atoms with Crippen LogP contribution in [0.25, 0.3) is 0 Å². The molecule has 0 aliphatic rings. The minimum atomic E-state index is -0.380. The molecule has 22 heavy (non-hydrogen) atoms. The number of esters is 2. The van der Waals surface area contributed by atoms with Crippen molar-refractivity contribution in [1.82, 2.24) is 0 Å². The van der Waals surface area contributed by atoms with Gasteiger partial charge in [0, 0.05) is 11.1 Å². The average molecular weight is 312 g/mol. The van der Waals surface area contributed by atoms with Crippen LogP contribution in [0, 0.1) is 11.8 Å². The molecule has 0 amide bonds. The Balaban J connectivity index is 5.47. The Bertz CT molecular complexity index is 345. The van der Waals surface area contributed by atoms with Crippen LogP contribution in [0.4, 0.5) is 0 Å². The molecule has 0 rings (SSSR count). The van der Waals surface area contributed by atoms with Gasteiger partial charge in [-0.3, -0.25) is 0 Å². The Morgan fingerprint density at radius 3 is 1.27 bits per heavy atom. The summed E-state index contributed by atoms with van der Waals surface area (Å²) >= 11 is 0. The highest BCUT2D eigenvalue weighted by molar-refractivity contribution is 6.00. The van der Waals surface area contributed by atoms with E-state index in [9.17, 15) is 9.59 Å². The largest absolute Gasteiger partial charge is 0.463 e. The van der Waals surface area contributed by atoms with E-state index in [-0.39, 0.29) is 11.9 Å². The van der Waals surface area contributed by atoms with E-state index < -0.39 is 0 Å². The Hall–Kier alpha value is -1.32. The second-order valence-electron chi connectivity index (χ2n) is 6.26. The number of rotatable bonds is 10. The van der Waals surface area contributed by atoms with Crippen molar-refractivity contribution in [2.24, 2.45) is 11.8 Å². The van der Waals surface area contributed by atoms with Crippen molar-refractivity contribution < 1.29 is 19.1 Å². The van der Waals surface area contributed by atoms with Gasteiger partial charge in [-0.2, -0.15) is 0 Å². The van der Waals surface area contributed by atoms with Gasteiger partial charge in [-0.05, 0) is 51.4 Å². The first-order chi connectivity index (χ1) is 10.3. The van der Waals surface area contributed by atoms with Crippen molar-refractivity contribution in [3.63, 3.8) is 0 Å². The van der Waals surface area contributed by atoms with Gasteiger partial charge in [0.25, 0.3) is 0 Å². The number of hydrogen-bond donors (Lipinski definition) is 0. The van der Waals surface area contributed by atoms with Crippen LogP contribution in [-0.4, -0.2) is 25.2 Å². The fraction of sp³-hybridized carbons (Fsp3) is 0.778. The van der Waals surface area contributed by atoms with Gasteiger partial charge in [-0.1, -0.05) is 27.7 Å². The maximum absolute atomic E-state index is 12.3. The molecule has 0 unspecified atom stereocenters. The lowest BCUT2D eigenvalue weighted by Gasteiger charge is -2.15. The molecule has 0 heterocycles. The van der Waals surface area contributed by atoms with Crippen LogP contribution in [0.2, 0.25) is 0 Å². The lowest BCUT2D eigenvalue weighted by Crippen LogP contribution is -2.18. The Labute approximate surface area is 135 Å². The van der Waals surface area contributed by atoms with Crippen LogP contribution in [-0.2, 0) is 19.1 Å². The standard InChI is InChI=1S/C18H32O4/c1-7-21-17(19)15(11-9-13(3)4)16(12-10-14(5)6)18(20)22-8-2/h13-14H,7-12H2,1-6H3. The van der Waals surface area contributed by atoms with E-state index in [2.05, 4.69) is 27.7 Å². The van der Waals surface area contributed by atoms with Gasteiger partial charge in [-0.25, -0.2) is 9.59 Å². The summed E-state index contributed by atoms with van der Waals surface area (Å²) in [4.78, 5) is 24.5. The summed E-state index contributed by atoms with van der Waals surface area (Å²) in [6.07, 6.45) is 2.81. The maximum atomic E-state index is 12.3. The Morgan fingerprint density at radius 1 is 0.727 bits per heavy atom. The quantitative estimate of drug-likeness (QED) is 0.446. The lowest BCUT2D eigenvalue weighted by atomic mass is 9.94. The molecule has 0 bridgehead atoms. The van der Waals surface area contributed by atoms with Crippen LogP contribution in [0.5, 0.6) is 0 Å². The first-order valence-electron chi connectivity index (χ1n) is 8.39. The van der Waals surface area contributed by atoms with E-state index in [1.807, 2.05) is 0 Å². The molecule has 4 heteroatoms. The number of carbonyl (C=O) groups is 2. The zero-order valence-electron chi connectivity index (χ0n) is 15.0. The first kappa shape index (κ1) is 20.7. The molecule has 128 valence electrons. The van der Waals surface area contributed by atoms with E-state index in [0.29, 0.717) is 49.0 Å². The normalized spacial score (nSPS) is 12.4. The molecule has 0 N–H and O–H groups in total. The molecular formula is C18H32O4. The van der Waals surface area contributed by atoms with Crippen LogP contribution in [0.15, 0.2) is 11.1 Å². The SMILES string of the molecule is CCOC(=O)C(CCC(C)C)=C(CCC(C)C)C(=O)OCC. The summed E-state index contributed by atoms with van der Waals surface area (Å²) < 4.78 is 10.3. The van der Waals surface area contributed by atoms with Gasteiger partial charge >= 0.3 is 11.9 Å². The molecule has 4 nitrogen and oxygen atoms in total. The van der Waals surface area contributed by atoms with Gasteiger partial charge in [0.15, 0.2) is 0 Å². The maximum Gasteiger partial charge on any atom is 0.334 e. The van der Waals surface area contributed by atoms with E-state index >= 15 is 0 Å². The number of carbonyl (C=O) groups excluding carboxylic acids is 2. The monoisotopic (exact) mass is 312 g/mol. The molecular weight excluding hydrogens is 280 g/mol. The van der Waals surface area contributed by atoms with Crippen LogP contribution < -0.4 is 0 Å². The minimum Gasteiger partial charge on any atom is -0.463 e. The van der Waals surface area contributed by atoms with Gasteiger partial charge in [-0.15, -0.1) is 0 Å². The van der Waals surface area contributed by atoms with Crippen molar-refractivity contribution in [3.05, 3.63) is 11.1 Å². The van der Waals surface area contributed by atoms with Crippen molar-refractivity contribution in [3.8, 4) is 0 Å². The summed E-state index contributed by atoms with van der Waals surface area (Å²) in [5.41, 5.74) is 0.990. The molecule has 0 aromatic carbocycles. The highest BCUT2D eigenvalue weighted by Gasteiger charge is 2.23. The van der Waals surface area contributed by atoms with Crippen molar-refractivity contribution in [2.75, 3.05) is 13.2 Å². The van der Waals surface area contributed by atoms with E-state index in [4.69, 9.17) is 9.47 Å². The fourth-order valence-corrected chi connectivity index (χ4v) is 2.05. The van der Waals surface area contributed by atoms with Crippen molar-refractivity contribution in [2.45, 2.75) is 67.2 Å². The van der Waals surface area contributed by atoms with E-state index in [0.717, 1.165) is 12.8 Å². The fourth-order valence-electron chi connectivity index (χ4n) is 2.05. The molecule has 0 aromatic rings. The van der Waals surface area contributed by atoms with Crippen LogP contribution in [0.1, 0.15) is 67.2 Å². The van der Waals surface area contributed by atoms with Crippen LogP contribution >= 0.6 is 0 Å². The molecule has 0 fully saturated rings. The second kappa shape index (κ2) is 11.3. The second-order valence-corrected chi connectivity index (χ2v) is 6.26. The molecule has 0 radical (unpaired) electrons. The van der Waals surface area contributed by atoms with E-state index in [1.165, 1.54) is 0 Å². The summed E-state index contributed by atoms with van der Waals surface area (Å²) in [5.74, 6) is 0.154. The topological polar surface area (TPSA) is 52.6 Å². The summed E-state index contributed by atoms with van der Waals surface area (Å²) in [7, 11) is 0. The highest BCUT2D eigenvalue weighted by Crippen LogP contribution is 2.23. The van der Waals surface area contributed by atoms with Gasteiger partial charge < -0.3 is 9.47 Å². The predicted molar refractivity (Wildman–Crippen MR) is 88.4 cm³/mol.